The molecule has 4 nitrogen and oxygen atoms in total. The quantitative estimate of drug-likeness (QED) is 0.900. The van der Waals surface area contributed by atoms with E-state index in [4.69, 9.17) is 0 Å². The number of nitrogens with one attached hydrogen (secondary N) is 1. The van der Waals surface area contributed by atoms with Crippen molar-refractivity contribution < 1.29 is 9.90 Å². The van der Waals surface area contributed by atoms with Gasteiger partial charge in [-0.3, -0.25) is 4.79 Å². The molecule has 1 amide bonds. The van der Waals surface area contributed by atoms with E-state index in [0.29, 0.717) is 6.04 Å². The van der Waals surface area contributed by atoms with Crippen LogP contribution in [0.3, 0.4) is 0 Å². The Morgan fingerprint density at radius 3 is 2.41 bits per heavy atom. The van der Waals surface area contributed by atoms with Crippen LogP contribution < -0.4 is 5.32 Å². The maximum Gasteiger partial charge on any atom is 0.253 e. The Morgan fingerprint density at radius 1 is 1.05 bits per heavy atom. The van der Waals surface area contributed by atoms with Gasteiger partial charge in [-0.15, -0.1) is 0 Å². The van der Waals surface area contributed by atoms with Crippen LogP contribution in [0.15, 0.2) is 30.3 Å². The van der Waals surface area contributed by atoms with Crippen LogP contribution in [-0.4, -0.2) is 47.2 Å². The molecule has 1 heterocycles. The van der Waals surface area contributed by atoms with Crippen molar-refractivity contribution in [2.45, 2.75) is 56.7 Å². The molecule has 2 fully saturated rings. The van der Waals surface area contributed by atoms with Gasteiger partial charge < -0.3 is 15.3 Å². The Hall–Kier alpha value is -1.39. The van der Waals surface area contributed by atoms with Gasteiger partial charge >= 0.3 is 0 Å². The van der Waals surface area contributed by atoms with Crippen LogP contribution in [0.4, 0.5) is 0 Å². The number of carbonyl (C=O) groups is 1. The molecule has 1 aromatic carbocycles. The maximum absolute atomic E-state index is 12.4. The molecule has 22 heavy (non-hydrogen) atoms. The number of hydrogen-bond donors (Lipinski definition) is 2. The summed E-state index contributed by atoms with van der Waals surface area (Å²) < 4.78 is 0. The summed E-state index contributed by atoms with van der Waals surface area (Å²) in [4.78, 5) is 14.4. The van der Waals surface area contributed by atoms with Crippen molar-refractivity contribution in [2.24, 2.45) is 0 Å². The summed E-state index contributed by atoms with van der Waals surface area (Å²) in [5.41, 5.74) is 0.775. The van der Waals surface area contributed by atoms with Gasteiger partial charge in [-0.1, -0.05) is 31.0 Å². The van der Waals surface area contributed by atoms with Gasteiger partial charge in [0.2, 0.25) is 0 Å². The highest BCUT2D eigenvalue weighted by Crippen LogP contribution is 2.21. The van der Waals surface area contributed by atoms with E-state index in [0.717, 1.165) is 50.8 Å². The molecule has 120 valence electrons. The molecule has 0 spiro atoms. The van der Waals surface area contributed by atoms with E-state index in [-0.39, 0.29) is 18.1 Å². The first kappa shape index (κ1) is 15.5. The predicted octanol–water partition coefficient (Wildman–Crippen LogP) is 2.18. The minimum absolute atomic E-state index is 0.136. The average molecular weight is 302 g/mol. The summed E-state index contributed by atoms with van der Waals surface area (Å²) in [6, 6.07) is 10.2. The summed E-state index contributed by atoms with van der Waals surface area (Å²) in [6.45, 7) is 1.60. The molecule has 1 saturated heterocycles. The van der Waals surface area contributed by atoms with Crippen molar-refractivity contribution in [1.29, 1.82) is 0 Å². The van der Waals surface area contributed by atoms with Crippen LogP contribution in [0.1, 0.15) is 48.9 Å². The molecule has 4 heteroatoms. The van der Waals surface area contributed by atoms with Gasteiger partial charge in [-0.25, -0.2) is 0 Å². The Labute approximate surface area is 132 Å². The number of aliphatic hydroxyl groups is 1. The number of piperidine rings is 1. The van der Waals surface area contributed by atoms with Crippen LogP contribution in [0.2, 0.25) is 0 Å². The number of aliphatic hydroxyl groups excluding tert-OH is 1. The van der Waals surface area contributed by atoms with E-state index in [9.17, 15) is 9.90 Å². The number of likely N-dealkylation sites (tertiary alicyclic amines) is 1. The standard InChI is InChI=1S/C18H26N2O2/c21-17-9-5-4-8-16(17)19-15-10-12-20(13-11-15)18(22)14-6-2-1-3-7-14/h1-3,6-7,15-17,19,21H,4-5,8-13H2/t16-,17-/m1/s1. The molecule has 2 aliphatic rings. The van der Waals surface area contributed by atoms with Gasteiger partial charge in [0, 0.05) is 30.7 Å². The minimum atomic E-state index is -0.197. The lowest BCUT2D eigenvalue weighted by atomic mass is 9.91. The molecule has 2 atom stereocenters. The van der Waals surface area contributed by atoms with Gasteiger partial charge in [0.15, 0.2) is 0 Å². The highest BCUT2D eigenvalue weighted by molar-refractivity contribution is 5.94. The molecule has 1 aliphatic heterocycles. The van der Waals surface area contributed by atoms with Crippen molar-refractivity contribution in [3.63, 3.8) is 0 Å². The van der Waals surface area contributed by atoms with Crippen LogP contribution in [0.5, 0.6) is 0 Å². The molecule has 3 rings (SSSR count). The zero-order chi connectivity index (χ0) is 15.4. The maximum atomic E-state index is 12.4. The Morgan fingerprint density at radius 2 is 1.73 bits per heavy atom. The average Bonchev–Trinajstić information content (AvgIpc) is 2.58. The van der Waals surface area contributed by atoms with Crippen molar-refractivity contribution in [1.82, 2.24) is 10.2 Å². The van der Waals surface area contributed by atoms with Gasteiger partial charge in [0.05, 0.1) is 6.10 Å². The van der Waals surface area contributed by atoms with E-state index in [1.807, 2.05) is 35.2 Å². The molecule has 0 radical (unpaired) electrons. The molecular weight excluding hydrogens is 276 g/mol. The van der Waals surface area contributed by atoms with Crippen molar-refractivity contribution >= 4 is 5.91 Å². The molecule has 2 N–H and O–H groups in total. The summed E-state index contributed by atoms with van der Waals surface area (Å²) in [5.74, 6) is 0.136. The highest BCUT2D eigenvalue weighted by atomic mass is 16.3. The largest absolute Gasteiger partial charge is 0.392 e. The van der Waals surface area contributed by atoms with Gasteiger partial charge in [-0.2, -0.15) is 0 Å². The third-order valence-electron chi connectivity index (χ3n) is 4.98. The summed E-state index contributed by atoms with van der Waals surface area (Å²) in [6.07, 6.45) is 6.10. The molecular formula is C18H26N2O2. The normalized spacial score (nSPS) is 26.9. The zero-order valence-electron chi connectivity index (χ0n) is 13.1. The first-order valence-corrected chi connectivity index (χ1v) is 8.52. The fourth-order valence-electron chi connectivity index (χ4n) is 3.62. The second kappa shape index (κ2) is 7.25. The van der Waals surface area contributed by atoms with E-state index in [1.54, 1.807) is 0 Å². The lowest BCUT2D eigenvalue weighted by Crippen LogP contribution is -2.51. The topological polar surface area (TPSA) is 52.6 Å². The van der Waals surface area contributed by atoms with E-state index >= 15 is 0 Å². The lowest BCUT2D eigenvalue weighted by Gasteiger charge is -2.37. The molecule has 1 aromatic rings. The van der Waals surface area contributed by atoms with Crippen LogP contribution in [-0.2, 0) is 0 Å². The van der Waals surface area contributed by atoms with Crippen molar-refractivity contribution in [3.05, 3.63) is 35.9 Å². The molecule has 1 aliphatic carbocycles. The van der Waals surface area contributed by atoms with E-state index < -0.39 is 0 Å². The molecule has 0 unspecified atom stereocenters. The number of hydrogen-bond acceptors (Lipinski definition) is 3. The summed E-state index contributed by atoms with van der Waals surface area (Å²) in [5, 5.41) is 13.7. The van der Waals surface area contributed by atoms with Gasteiger partial charge in [-0.05, 0) is 37.8 Å². The second-order valence-corrected chi connectivity index (χ2v) is 6.56. The molecule has 1 saturated carbocycles. The van der Waals surface area contributed by atoms with Gasteiger partial charge in [0.1, 0.15) is 0 Å². The molecule has 0 aromatic heterocycles. The highest BCUT2D eigenvalue weighted by Gasteiger charge is 2.28. The lowest BCUT2D eigenvalue weighted by molar-refractivity contribution is 0.0627. The first-order chi connectivity index (χ1) is 10.7. The molecule has 0 bridgehead atoms. The fourth-order valence-corrected chi connectivity index (χ4v) is 3.62. The van der Waals surface area contributed by atoms with E-state index in [2.05, 4.69) is 5.32 Å². The van der Waals surface area contributed by atoms with Crippen molar-refractivity contribution in [2.75, 3.05) is 13.1 Å². The number of rotatable bonds is 3. The summed E-state index contributed by atoms with van der Waals surface area (Å²) in [7, 11) is 0. The predicted molar refractivity (Wildman–Crippen MR) is 86.8 cm³/mol. The van der Waals surface area contributed by atoms with Crippen molar-refractivity contribution in [3.8, 4) is 0 Å². The smallest absolute Gasteiger partial charge is 0.253 e. The van der Waals surface area contributed by atoms with Crippen LogP contribution >= 0.6 is 0 Å². The van der Waals surface area contributed by atoms with Crippen LogP contribution in [0, 0.1) is 0 Å². The Kier molecular flexibility index (Phi) is 5.11. The zero-order valence-corrected chi connectivity index (χ0v) is 13.1. The van der Waals surface area contributed by atoms with Gasteiger partial charge in [0.25, 0.3) is 5.91 Å². The number of benzene rings is 1. The second-order valence-electron chi connectivity index (χ2n) is 6.56. The number of nitrogens with zero attached hydrogens (tertiary/aromatic N) is 1. The minimum Gasteiger partial charge on any atom is -0.392 e. The third-order valence-corrected chi connectivity index (χ3v) is 4.98. The monoisotopic (exact) mass is 302 g/mol. The van der Waals surface area contributed by atoms with Crippen LogP contribution in [0.25, 0.3) is 0 Å². The fraction of sp³-hybridized carbons (Fsp3) is 0.611. The number of carbonyl (C=O) groups excluding carboxylic acids is 1. The Bertz CT molecular complexity index is 483. The third kappa shape index (κ3) is 3.68. The SMILES string of the molecule is O=C(c1ccccc1)N1CCC(N[C@@H]2CCCC[C@H]2O)CC1. The Balaban J connectivity index is 1.49. The first-order valence-electron chi connectivity index (χ1n) is 8.52. The summed E-state index contributed by atoms with van der Waals surface area (Å²) >= 11 is 0. The van der Waals surface area contributed by atoms with E-state index in [1.165, 1.54) is 6.42 Å². The number of amides is 1.